The number of carbonyl (C=O) groups excluding carboxylic acids is 1. The maximum absolute atomic E-state index is 13.2. The van der Waals surface area contributed by atoms with Crippen molar-refractivity contribution in [2.75, 3.05) is 6.61 Å². The van der Waals surface area contributed by atoms with Gasteiger partial charge in [-0.05, 0) is 74.7 Å². The monoisotopic (exact) mass is 571 g/mol. The summed E-state index contributed by atoms with van der Waals surface area (Å²) in [6, 6.07) is 15.4. The minimum absolute atomic E-state index is 0.313. The molecule has 2 aromatic rings. The summed E-state index contributed by atoms with van der Waals surface area (Å²) in [4.78, 5) is 23.9. The van der Waals surface area contributed by atoms with Crippen LogP contribution in [0.25, 0.3) is 0 Å². The molecule has 1 amide bonds. The molecule has 2 aromatic carbocycles. The number of alkyl halides is 3. The number of hydrogen-bond donors (Lipinski definition) is 3. The van der Waals surface area contributed by atoms with E-state index in [4.69, 9.17) is 20.3 Å². The van der Waals surface area contributed by atoms with Crippen molar-refractivity contribution in [2.45, 2.75) is 50.9 Å². The van der Waals surface area contributed by atoms with E-state index in [1.165, 1.54) is 13.8 Å². The third kappa shape index (κ3) is 10.1. The maximum atomic E-state index is 13.2. The van der Waals surface area contributed by atoms with Gasteiger partial charge in [-0.25, -0.2) is 4.79 Å². The predicted molar refractivity (Wildman–Crippen MR) is 147 cm³/mol. The van der Waals surface area contributed by atoms with Crippen LogP contribution in [0.2, 0.25) is 0 Å². The lowest BCUT2D eigenvalue weighted by Crippen LogP contribution is -2.49. The molecule has 0 fully saturated rings. The average molecular weight is 572 g/mol. The molecule has 0 spiro atoms. The van der Waals surface area contributed by atoms with E-state index in [2.05, 4.69) is 18.0 Å². The van der Waals surface area contributed by atoms with Gasteiger partial charge in [0.15, 0.2) is 18.1 Å². The molecule has 0 heterocycles. The number of halogens is 3. The molecule has 2 atom stereocenters. The predicted octanol–water partition coefficient (Wildman–Crippen LogP) is 5.12. The van der Waals surface area contributed by atoms with Crippen LogP contribution in [0.15, 0.2) is 84.8 Å². The first-order valence-corrected chi connectivity index (χ1v) is 12.5. The maximum Gasteiger partial charge on any atom is 0.416 e. The Hall–Kier alpha value is -4.72. The highest BCUT2D eigenvalue weighted by molar-refractivity contribution is 5.84. The molecule has 218 valence electrons. The number of nitrogens with one attached hydrogen (secondary N) is 1. The first-order valence-electron chi connectivity index (χ1n) is 12.5. The van der Waals surface area contributed by atoms with E-state index in [-0.39, 0.29) is 5.92 Å². The van der Waals surface area contributed by atoms with Gasteiger partial charge in [-0.3, -0.25) is 4.79 Å². The van der Waals surface area contributed by atoms with Crippen molar-refractivity contribution in [2.24, 2.45) is 5.73 Å². The summed E-state index contributed by atoms with van der Waals surface area (Å²) < 4.78 is 49.4. The second kappa shape index (κ2) is 14.1. The average Bonchev–Trinajstić information content (AvgIpc) is 2.90. The molecule has 2 rings (SSSR count). The number of nitrogens with two attached hydrogens (primary N) is 1. The molecule has 11 heteroatoms. The van der Waals surface area contributed by atoms with Gasteiger partial charge in [-0.15, -0.1) is 0 Å². The summed E-state index contributed by atoms with van der Waals surface area (Å²) in [5.74, 6) is -1.99. The number of nitriles is 1. The summed E-state index contributed by atoms with van der Waals surface area (Å²) in [6.45, 7) is 7.30. The zero-order valence-corrected chi connectivity index (χ0v) is 22.9. The van der Waals surface area contributed by atoms with Gasteiger partial charge in [-0.2, -0.15) is 18.4 Å². The van der Waals surface area contributed by atoms with E-state index in [1.807, 2.05) is 6.07 Å². The van der Waals surface area contributed by atoms with Crippen molar-refractivity contribution in [3.8, 4) is 11.8 Å². The lowest BCUT2D eigenvalue weighted by Gasteiger charge is -2.31. The highest BCUT2D eigenvalue weighted by Gasteiger charge is 2.34. The van der Waals surface area contributed by atoms with Crippen molar-refractivity contribution in [3.05, 3.63) is 101 Å². The Morgan fingerprint density at radius 3 is 2.39 bits per heavy atom. The van der Waals surface area contributed by atoms with Crippen LogP contribution in [0.1, 0.15) is 43.4 Å². The van der Waals surface area contributed by atoms with Crippen molar-refractivity contribution < 1.29 is 37.3 Å². The van der Waals surface area contributed by atoms with Gasteiger partial charge in [0.1, 0.15) is 5.75 Å². The molecule has 0 aliphatic carbocycles. The van der Waals surface area contributed by atoms with Crippen molar-refractivity contribution in [1.29, 1.82) is 5.26 Å². The van der Waals surface area contributed by atoms with Gasteiger partial charge in [0.05, 0.1) is 17.2 Å². The van der Waals surface area contributed by atoms with Crippen molar-refractivity contribution in [1.82, 2.24) is 5.32 Å². The van der Waals surface area contributed by atoms with E-state index in [9.17, 15) is 28.0 Å². The van der Waals surface area contributed by atoms with Crippen LogP contribution < -0.4 is 15.8 Å². The van der Waals surface area contributed by atoms with Gasteiger partial charge in [0.2, 0.25) is 0 Å². The van der Waals surface area contributed by atoms with Crippen molar-refractivity contribution in [3.63, 3.8) is 0 Å². The summed E-state index contributed by atoms with van der Waals surface area (Å²) in [5, 5.41) is 21.1. The molecular formula is C30H32F3N3O5. The molecular weight excluding hydrogens is 539 g/mol. The molecule has 4 N–H and O–H groups in total. The molecule has 2 unspecified atom stereocenters. The standard InChI is InChI=1S/C30H32F3N3O5/c1-5-23(30(31,32)33)11-14-26(35)41-29(3,4)28(39)36-19(2)25(22-8-6-7-21(15-22)17-34)16-20-9-12-24(13-10-20)40-18-27(37)38/h5-15,19,25H,1,16,18,35H2,2-4H3,(H,36,39)(H,37,38)/b23-11+,26-14+. The SMILES string of the molecule is C=C/C(=C\C=C(/N)OC(C)(C)C(=O)NC(C)C(Cc1ccc(OCC(=O)O)cc1)c1cccc(C#N)c1)C(F)(F)F. The number of amides is 1. The van der Waals surface area contributed by atoms with Gasteiger partial charge in [0.25, 0.3) is 5.91 Å². The normalized spacial score (nSPS) is 13.9. The zero-order chi connectivity index (χ0) is 30.8. The fourth-order valence-electron chi connectivity index (χ4n) is 3.85. The number of carboxylic acids is 1. The van der Waals surface area contributed by atoms with Gasteiger partial charge in [0, 0.05) is 12.0 Å². The minimum atomic E-state index is -4.62. The number of rotatable bonds is 13. The molecule has 0 saturated carbocycles. The first-order chi connectivity index (χ1) is 19.2. The second-order valence-corrected chi connectivity index (χ2v) is 9.64. The Morgan fingerprint density at radius 2 is 1.83 bits per heavy atom. The quantitative estimate of drug-likeness (QED) is 0.224. The van der Waals surface area contributed by atoms with Crippen LogP contribution in [-0.4, -0.2) is 41.4 Å². The number of carboxylic acid groups (broad SMARTS) is 1. The van der Waals surface area contributed by atoms with E-state index in [1.54, 1.807) is 49.4 Å². The Balaban J connectivity index is 2.25. The second-order valence-electron chi connectivity index (χ2n) is 9.64. The number of carbonyl (C=O) groups is 2. The van der Waals surface area contributed by atoms with E-state index < -0.39 is 47.8 Å². The molecule has 0 aromatic heterocycles. The van der Waals surface area contributed by atoms with Crippen LogP contribution in [-0.2, 0) is 20.7 Å². The number of nitrogens with zero attached hydrogens (tertiary/aromatic N) is 1. The van der Waals surface area contributed by atoms with Crippen molar-refractivity contribution >= 4 is 11.9 Å². The highest BCUT2D eigenvalue weighted by atomic mass is 19.4. The summed E-state index contributed by atoms with van der Waals surface area (Å²) >= 11 is 0. The van der Waals surface area contributed by atoms with E-state index in [0.29, 0.717) is 29.9 Å². The molecule has 0 aliphatic rings. The third-order valence-corrected chi connectivity index (χ3v) is 6.04. The fourth-order valence-corrected chi connectivity index (χ4v) is 3.85. The van der Waals surface area contributed by atoms with E-state index >= 15 is 0 Å². The summed E-state index contributed by atoms with van der Waals surface area (Å²) in [7, 11) is 0. The molecule has 0 bridgehead atoms. The van der Waals surface area contributed by atoms with Crippen LogP contribution in [0.3, 0.4) is 0 Å². The Kier molecular flexibility index (Phi) is 11.2. The lowest BCUT2D eigenvalue weighted by atomic mass is 9.85. The highest BCUT2D eigenvalue weighted by Crippen LogP contribution is 2.28. The smallest absolute Gasteiger partial charge is 0.416 e. The molecule has 0 radical (unpaired) electrons. The van der Waals surface area contributed by atoms with Gasteiger partial charge in [-0.1, -0.05) is 36.9 Å². The molecule has 8 nitrogen and oxygen atoms in total. The lowest BCUT2D eigenvalue weighted by molar-refractivity contribution is -0.140. The van der Waals surface area contributed by atoms with Crippen LogP contribution >= 0.6 is 0 Å². The van der Waals surface area contributed by atoms with Crippen LogP contribution in [0.4, 0.5) is 13.2 Å². The number of benzene rings is 2. The number of hydrogen-bond acceptors (Lipinski definition) is 6. The van der Waals surface area contributed by atoms with E-state index in [0.717, 1.165) is 17.2 Å². The largest absolute Gasteiger partial charge is 0.482 e. The van der Waals surface area contributed by atoms with Gasteiger partial charge >= 0.3 is 12.1 Å². The topological polar surface area (TPSA) is 135 Å². The Bertz CT molecular complexity index is 1340. The number of aliphatic carboxylic acids is 1. The van der Waals surface area contributed by atoms with Crippen LogP contribution in [0, 0.1) is 11.3 Å². The summed E-state index contributed by atoms with van der Waals surface area (Å²) in [6.07, 6.45) is -1.94. The number of ether oxygens (including phenoxy) is 2. The molecule has 0 aliphatic heterocycles. The van der Waals surface area contributed by atoms with Gasteiger partial charge < -0.3 is 25.6 Å². The third-order valence-electron chi connectivity index (χ3n) is 6.04. The Morgan fingerprint density at radius 1 is 1.17 bits per heavy atom. The molecule has 0 saturated heterocycles. The van der Waals surface area contributed by atoms with Crippen LogP contribution in [0.5, 0.6) is 5.75 Å². The first kappa shape index (κ1) is 32.5. The zero-order valence-electron chi connectivity index (χ0n) is 22.9. The number of allylic oxidation sites excluding steroid dienone is 4. The Labute approximate surface area is 236 Å². The fraction of sp³-hybridized carbons (Fsp3) is 0.300. The molecule has 41 heavy (non-hydrogen) atoms. The summed E-state index contributed by atoms with van der Waals surface area (Å²) in [5.41, 5.74) is 5.27. The minimum Gasteiger partial charge on any atom is -0.482 e.